The minimum absolute atomic E-state index is 0.0884. The lowest BCUT2D eigenvalue weighted by atomic mass is 10.1. The molecule has 0 saturated heterocycles. The van der Waals surface area contributed by atoms with Gasteiger partial charge in [-0.25, -0.2) is 4.57 Å². The predicted molar refractivity (Wildman–Crippen MR) is 70.2 cm³/mol. The maximum Gasteiger partial charge on any atom is 0.474 e. The molecule has 0 aliphatic rings. The van der Waals surface area contributed by atoms with Crippen molar-refractivity contribution >= 4 is 7.82 Å². The molecule has 0 saturated carbocycles. The Hall–Kier alpha value is 0.110. The normalized spacial score (nSPS) is 16.7. The minimum Gasteiger partial charge on any atom is -0.290 e. The van der Waals surface area contributed by atoms with Gasteiger partial charge in [0, 0.05) is 7.11 Å². The van der Waals surface area contributed by atoms with E-state index in [1.807, 2.05) is 13.8 Å². The van der Waals surface area contributed by atoms with Gasteiger partial charge in [0.2, 0.25) is 0 Å². The first-order chi connectivity index (χ1) is 8.08. The van der Waals surface area contributed by atoms with E-state index in [9.17, 15) is 4.57 Å². The second-order valence-electron chi connectivity index (χ2n) is 4.23. The maximum atomic E-state index is 12.0. The Morgan fingerprint density at radius 3 is 2.35 bits per heavy atom. The molecule has 2 atom stereocenters. The smallest absolute Gasteiger partial charge is 0.290 e. The highest BCUT2D eigenvalue weighted by Crippen LogP contribution is 2.50. The van der Waals surface area contributed by atoms with Crippen molar-refractivity contribution in [3.05, 3.63) is 0 Å². The van der Waals surface area contributed by atoms with Gasteiger partial charge >= 0.3 is 7.82 Å². The van der Waals surface area contributed by atoms with Crippen LogP contribution in [0.5, 0.6) is 0 Å². The summed E-state index contributed by atoms with van der Waals surface area (Å²) in [7, 11) is -1.97. The zero-order chi connectivity index (χ0) is 13.1. The van der Waals surface area contributed by atoms with Gasteiger partial charge in [-0.05, 0) is 19.8 Å². The summed E-state index contributed by atoms with van der Waals surface area (Å²) >= 11 is 0. The molecule has 0 N–H and O–H groups in total. The van der Waals surface area contributed by atoms with Crippen LogP contribution in [0, 0.1) is 0 Å². The molecule has 0 radical (unpaired) electrons. The molecule has 0 aromatic rings. The van der Waals surface area contributed by atoms with E-state index in [1.54, 1.807) is 0 Å². The SMILES string of the molecule is CCCCCCC(C)OP(=O)(OC)OCCC. The summed E-state index contributed by atoms with van der Waals surface area (Å²) in [6.07, 6.45) is 6.33. The molecule has 0 amide bonds. The van der Waals surface area contributed by atoms with Crippen LogP contribution < -0.4 is 0 Å². The number of phosphoric ester groups is 1. The molecule has 0 aliphatic carbocycles. The van der Waals surface area contributed by atoms with Gasteiger partial charge in [-0.15, -0.1) is 0 Å². The van der Waals surface area contributed by atoms with Crippen LogP contribution in [0.4, 0.5) is 0 Å². The fourth-order valence-electron chi connectivity index (χ4n) is 1.46. The number of hydrogen-bond donors (Lipinski definition) is 0. The summed E-state index contributed by atoms with van der Waals surface area (Å²) < 4.78 is 27.3. The van der Waals surface area contributed by atoms with Crippen molar-refractivity contribution in [2.75, 3.05) is 13.7 Å². The van der Waals surface area contributed by atoms with Crippen LogP contribution in [0.2, 0.25) is 0 Å². The van der Waals surface area contributed by atoms with Crippen LogP contribution in [0.25, 0.3) is 0 Å². The van der Waals surface area contributed by atoms with Gasteiger partial charge in [0.05, 0.1) is 12.7 Å². The third kappa shape index (κ3) is 8.78. The van der Waals surface area contributed by atoms with Crippen LogP contribution in [0.15, 0.2) is 0 Å². The van der Waals surface area contributed by atoms with E-state index < -0.39 is 7.82 Å². The Balaban J connectivity index is 3.88. The van der Waals surface area contributed by atoms with Crippen LogP contribution in [-0.2, 0) is 18.1 Å². The highest BCUT2D eigenvalue weighted by molar-refractivity contribution is 7.48. The standard InChI is InChI=1S/C12H27O4P/c1-5-7-8-9-10-12(3)16-17(13,14-4)15-11-6-2/h12H,5-11H2,1-4H3. The second-order valence-corrected chi connectivity index (χ2v) is 5.96. The number of hydrogen-bond acceptors (Lipinski definition) is 4. The molecular weight excluding hydrogens is 239 g/mol. The maximum absolute atomic E-state index is 12.0. The van der Waals surface area contributed by atoms with E-state index in [0.29, 0.717) is 6.61 Å². The molecule has 17 heavy (non-hydrogen) atoms. The van der Waals surface area contributed by atoms with Gasteiger partial charge in [0.15, 0.2) is 0 Å². The molecule has 4 nitrogen and oxygen atoms in total. The molecule has 0 heterocycles. The monoisotopic (exact) mass is 266 g/mol. The molecule has 0 aliphatic heterocycles. The molecular formula is C12H27O4P. The van der Waals surface area contributed by atoms with E-state index in [2.05, 4.69) is 6.92 Å². The predicted octanol–water partition coefficient (Wildman–Crippen LogP) is 4.54. The Bertz CT molecular complexity index is 221. The third-order valence-electron chi connectivity index (χ3n) is 2.45. The quantitative estimate of drug-likeness (QED) is 0.406. The highest BCUT2D eigenvalue weighted by Gasteiger charge is 2.27. The van der Waals surface area contributed by atoms with Gasteiger partial charge < -0.3 is 0 Å². The lowest BCUT2D eigenvalue weighted by Gasteiger charge is -2.20. The molecule has 0 aromatic carbocycles. The second kappa shape index (κ2) is 10.1. The van der Waals surface area contributed by atoms with Crippen molar-refractivity contribution in [3.8, 4) is 0 Å². The molecule has 0 fully saturated rings. The highest BCUT2D eigenvalue weighted by atomic mass is 31.2. The van der Waals surface area contributed by atoms with Crippen molar-refractivity contribution in [1.82, 2.24) is 0 Å². The lowest BCUT2D eigenvalue weighted by molar-refractivity contribution is 0.0934. The van der Waals surface area contributed by atoms with Crippen LogP contribution in [0.1, 0.15) is 59.3 Å². The first-order valence-corrected chi connectivity index (χ1v) is 8.02. The summed E-state index contributed by atoms with van der Waals surface area (Å²) in [5.74, 6) is 0. The summed E-state index contributed by atoms with van der Waals surface area (Å²) in [6, 6.07) is 0. The van der Waals surface area contributed by atoms with E-state index in [1.165, 1.54) is 26.4 Å². The zero-order valence-electron chi connectivity index (χ0n) is 11.6. The molecule has 0 aromatic heterocycles. The van der Waals surface area contributed by atoms with E-state index in [0.717, 1.165) is 19.3 Å². The van der Waals surface area contributed by atoms with Gasteiger partial charge in [0.1, 0.15) is 0 Å². The van der Waals surface area contributed by atoms with Gasteiger partial charge in [-0.2, -0.15) is 0 Å². The Morgan fingerprint density at radius 1 is 1.12 bits per heavy atom. The van der Waals surface area contributed by atoms with E-state index in [-0.39, 0.29) is 6.10 Å². The third-order valence-corrected chi connectivity index (χ3v) is 4.01. The molecule has 0 rings (SSSR count). The lowest BCUT2D eigenvalue weighted by Crippen LogP contribution is -2.09. The average Bonchev–Trinajstić information content (AvgIpc) is 2.32. The van der Waals surface area contributed by atoms with Gasteiger partial charge in [-0.1, -0.05) is 39.5 Å². The molecule has 2 unspecified atom stereocenters. The molecule has 5 heteroatoms. The first-order valence-electron chi connectivity index (χ1n) is 6.56. The molecule has 0 spiro atoms. The fourth-order valence-corrected chi connectivity index (χ4v) is 2.67. The van der Waals surface area contributed by atoms with Crippen molar-refractivity contribution in [2.45, 2.75) is 65.4 Å². The number of unbranched alkanes of at least 4 members (excludes halogenated alkanes) is 3. The topological polar surface area (TPSA) is 44.8 Å². The van der Waals surface area contributed by atoms with Crippen LogP contribution in [-0.4, -0.2) is 19.8 Å². The van der Waals surface area contributed by atoms with Gasteiger partial charge in [-0.3, -0.25) is 13.6 Å². The van der Waals surface area contributed by atoms with Crippen molar-refractivity contribution in [3.63, 3.8) is 0 Å². The number of phosphoric acid groups is 1. The van der Waals surface area contributed by atoms with E-state index in [4.69, 9.17) is 13.6 Å². The molecule has 104 valence electrons. The summed E-state index contributed by atoms with van der Waals surface area (Å²) in [6.45, 7) is 6.44. The zero-order valence-corrected chi connectivity index (χ0v) is 12.5. The first kappa shape index (κ1) is 17.1. The Kier molecular flexibility index (Phi) is 10.1. The Labute approximate surface area is 106 Å². The van der Waals surface area contributed by atoms with Gasteiger partial charge in [0.25, 0.3) is 0 Å². The van der Waals surface area contributed by atoms with Crippen molar-refractivity contribution in [2.24, 2.45) is 0 Å². The van der Waals surface area contributed by atoms with Crippen LogP contribution >= 0.6 is 7.82 Å². The Morgan fingerprint density at radius 2 is 1.82 bits per heavy atom. The largest absolute Gasteiger partial charge is 0.474 e. The molecule has 0 bridgehead atoms. The summed E-state index contributed by atoms with van der Waals surface area (Å²) in [5, 5.41) is 0. The minimum atomic E-state index is -3.33. The van der Waals surface area contributed by atoms with E-state index >= 15 is 0 Å². The van der Waals surface area contributed by atoms with Crippen molar-refractivity contribution < 1.29 is 18.1 Å². The fraction of sp³-hybridized carbons (Fsp3) is 1.00. The number of rotatable bonds is 11. The average molecular weight is 266 g/mol. The summed E-state index contributed by atoms with van der Waals surface area (Å²) in [4.78, 5) is 0. The summed E-state index contributed by atoms with van der Waals surface area (Å²) in [5.41, 5.74) is 0. The van der Waals surface area contributed by atoms with Crippen LogP contribution in [0.3, 0.4) is 0 Å². The van der Waals surface area contributed by atoms with Crippen molar-refractivity contribution in [1.29, 1.82) is 0 Å².